The van der Waals surface area contributed by atoms with Gasteiger partial charge in [-0.15, -0.1) is 0 Å². The van der Waals surface area contributed by atoms with Crippen LogP contribution in [0.3, 0.4) is 0 Å². The summed E-state index contributed by atoms with van der Waals surface area (Å²) in [7, 11) is 0. The maximum atomic E-state index is 13.0. The molecule has 0 radical (unpaired) electrons. The van der Waals surface area contributed by atoms with Crippen LogP contribution in [0.1, 0.15) is 23.3 Å². The molecule has 4 rings (SSSR count). The number of amides is 3. The lowest BCUT2D eigenvalue weighted by Gasteiger charge is -2.24. The van der Waals surface area contributed by atoms with Gasteiger partial charge in [0.15, 0.2) is 5.69 Å². The number of hydrogen-bond acceptors (Lipinski definition) is 5. The van der Waals surface area contributed by atoms with E-state index in [1.165, 1.54) is 4.68 Å². The third-order valence-corrected chi connectivity index (χ3v) is 5.46. The highest BCUT2D eigenvalue weighted by atomic mass is 79.9. The molecule has 9 nitrogen and oxygen atoms in total. The fourth-order valence-electron chi connectivity index (χ4n) is 3.67. The number of aromatic nitrogens is 3. The highest BCUT2D eigenvalue weighted by molar-refractivity contribution is 9.10. The second kappa shape index (κ2) is 8.23. The summed E-state index contributed by atoms with van der Waals surface area (Å²) in [4.78, 5) is 43.2. The van der Waals surface area contributed by atoms with Gasteiger partial charge in [-0.2, -0.15) is 5.10 Å². The molecule has 1 aliphatic rings. The van der Waals surface area contributed by atoms with Crippen LogP contribution >= 0.6 is 15.9 Å². The predicted molar refractivity (Wildman–Crippen MR) is 114 cm³/mol. The standard InChI is InChI=1S/C20H19BrN6O3/c21-15-8-3-9-16(23-15)24-20(30)14-7-4-10-26(14)17(28)11-27-13-6-2-1-5-12(13)18(25-27)19(22)29/h1-3,5-6,8-9,14H,4,7,10-11H2,(H2,22,29)(H,23,24,30)/t14-/m0/s1. The quantitative estimate of drug-likeness (QED) is 0.551. The van der Waals surface area contributed by atoms with Gasteiger partial charge in [0.2, 0.25) is 11.8 Å². The molecule has 0 unspecified atom stereocenters. The summed E-state index contributed by atoms with van der Waals surface area (Å²) < 4.78 is 2.07. The molecule has 10 heteroatoms. The zero-order valence-corrected chi connectivity index (χ0v) is 17.5. The zero-order chi connectivity index (χ0) is 21.3. The summed E-state index contributed by atoms with van der Waals surface area (Å²) in [6.45, 7) is 0.386. The van der Waals surface area contributed by atoms with Gasteiger partial charge in [-0.05, 0) is 47.0 Å². The first kappa shape index (κ1) is 20.0. The third-order valence-electron chi connectivity index (χ3n) is 5.02. The minimum absolute atomic E-state index is 0.0906. The molecule has 3 amide bonds. The van der Waals surface area contributed by atoms with E-state index in [-0.39, 0.29) is 24.1 Å². The molecule has 3 heterocycles. The molecular weight excluding hydrogens is 452 g/mol. The number of likely N-dealkylation sites (tertiary alicyclic amines) is 1. The number of anilines is 1. The topological polar surface area (TPSA) is 123 Å². The van der Waals surface area contributed by atoms with Crippen LogP contribution in [0.2, 0.25) is 0 Å². The number of nitrogens with zero attached hydrogens (tertiary/aromatic N) is 4. The van der Waals surface area contributed by atoms with Gasteiger partial charge in [0.1, 0.15) is 23.0 Å². The van der Waals surface area contributed by atoms with Crippen LogP contribution in [0.5, 0.6) is 0 Å². The molecule has 2 aromatic heterocycles. The monoisotopic (exact) mass is 470 g/mol. The van der Waals surface area contributed by atoms with E-state index in [0.717, 1.165) is 6.42 Å². The van der Waals surface area contributed by atoms with Gasteiger partial charge >= 0.3 is 0 Å². The van der Waals surface area contributed by atoms with E-state index in [4.69, 9.17) is 5.73 Å². The molecule has 1 fully saturated rings. The van der Waals surface area contributed by atoms with Gasteiger partial charge in [0, 0.05) is 11.9 Å². The Bertz CT molecular complexity index is 1140. The molecule has 1 aliphatic heterocycles. The molecule has 0 bridgehead atoms. The van der Waals surface area contributed by atoms with Crippen molar-refractivity contribution in [2.75, 3.05) is 11.9 Å². The largest absolute Gasteiger partial charge is 0.364 e. The first-order valence-corrected chi connectivity index (χ1v) is 10.2. The van der Waals surface area contributed by atoms with Crippen LogP contribution in [0.15, 0.2) is 47.1 Å². The Balaban J connectivity index is 1.52. The minimum atomic E-state index is -0.655. The molecule has 30 heavy (non-hydrogen) atoms. The minimum Gasteiger partial charge on any atom is -0.364 e. The van der Waals surface area contributed by atoms with Crippen molar-refractivity contribution < 1.29 is 14.4 Å². The molecule has 1 saturated heterocycles. The maximum absolute atomic E-state index is 13.0. The number of carbonyl (C=O) groups is 3. The number of fused-ring (bicyclic) bond motifs is 1. The van der Waals surface area contributed by atoms with Crippen molar-refractivity contribution in [2.24, 2.45) is 5.73 Å². The highest BCUT2D eigenvalue weighted by Crippen LogP contribution is 2.22. The number of primary amides is 1. The second-order valence-corrected chi connectivity index (χ2v) is 7.78. The van der Waals surface area contributed by atoms with Crippen molar-refractivity contribution in [3.63, 3.8) is 0 Å². The fourth-order valence-corrected chi connectivity index (χ4v) is 4.02. The summed E-state index contributed by atoms with van der Waals surface area (Å²) in [5.41, 5.74) is 6.18. The number of carbonyl (C=O) groups excluding carboxylic acids is 3. The van der Waals surface area contributed by atoms with Crippen molar-refractivity contribution >= 4 is 50.4 Å². The Morgan fingerprint density at radius 1 is 1.17 bits per heavy atom. The van der Waals surface area contributed by atoms with Crippen LogP contribution < -0.4 is 11.1 Å². The molecule has 1 aromatic carbocycles. The molecule has 3 aromatic rings. The molecule has 0 spiro atoms. The van der Waals surface area contributed by atoms with Crippen molar-refractivity contribution in [3.05, 3.63) is 52.8 Å². The summed E-state index contributed by atoms with van der Waals surface area (Å²) in [6.07, 6.45) is 1.29. The number of hydrogen-bond donors (Lipinski definition) is 2. The number of para-hydroxylation sites is 1. The number of rotatable bonds is 5. The number of nitrogens with one attached hydrogen (secondary N) is 1. The Morgan fingerprint density at radius 2 is 1.97 bits per heavy atom. The highest BCUT2D eigenvalue weighted by Gasteiger charge is 2.34. The van der Waals surface area contributed by atoms with Gasteiger partial charge < -0.3 is 16.0 Å². The van der Waals surface area contributed by atoms with Gasteiger partial charge in [-0.25, -0.2) is 4.98 Å². The number of halogens is 1. The lowest BCUT2D eigenvalue weighted by molar-refractivity contribution is -0.137. The number of pyridine rings is 1. The molecule has 0 saturated carbocycles. The van der Waals surface area contributed by atoms with E-state index in [1.54, 1.807) is 47.4 Å². The Morgan fingerprint density at radius 3 is 2.73 bits per heavy atom. The van der Waals surface area contributed by atoms with Gasteiger partial charge in [-0.1, -0.05) is 24.3 Å². The lowest BCUT2D eigenvalue weighted by atomic mass is 10.2. The van der Waals surface area contributed by atoms with Gasteiger partial charge in [-0.3, -0.25) is 19.1 Å². The fraction of sp³-hybridized carbons (Fsp3) is 0.250. The smallest absolute Gasteiger partial charge is 0.269 e. The van der Waals surface area contributed by atoms with Crippen LogP contribution in [0, 0.1) is 0 Å². The van der Waals surface area contributed by atoms with E-state index >= 15 is 0 Å². The normalized spacial score (nSPS) is 16.0. The van der Waals surface area contributed by atoms with E-state index in [1.807, 2.05) is 0 Å². The average molecular weight is 471 g/mol. The predicted octanol–water partition coefficient (Wildman–Crippen LogP) is 1.92. The summed E-state index contributed by atoms with van der Waals surface area (Å²) in [5, 5.41) is 7.58. The van der Waals surface area contributed by atoms with Crippen molar-refractivity contribution in [1.82, 2.24) is 19.7 Å². The van der Waals surface area contributed by atoms with Crippen LogP contribution in [-0.4, -0.2) is 50.0 Å². The summed E-state index contributed by atoms with van der Waals surface area (Å²) >= 11 is 3.27. The lowest BCUT2D eigenvalue weighted by Crippen LogP contribution is -2.44. The van der Waals surface area contributed by atoms with Crippen molar-refractivity contribution in [3.8, 4) is 0 Å². The number of benzene rings is 1. The molecule has 1 atom stereocenters. The molecule has 0 aliphatic carbocycles. The zero-order valence-electron chi connectivity index (χ0n) is 15.9. The summed E-state index contributed by atoms with van der Waals surface area (Å²) in [6, 6.07) is 11.7. The van der Waals surface area contributed by atoms with Crippen molar-refractivity contribution in [2.45, 2.75) is 25.4 Å². The van der Waals surface area contributed by atoms with E-state index < -0.39 is 11.9 Å². The number of nitrogens with two attached hydrogens (primary N) is 1. The van der Waals surface area contributed by atoms with Crippen LogP contribution in [-0.2, 0) is 16.1 Å². The Kier molecular flexibility index (Phi) is 5.49. The van der Waals surface area contributed by atoms with Crippen LogP contribution in [0.25, 0.3) is 10.9 Å². The van der Waals surface area contributed by atoms with Gasteiger partial charge in [0.25, 0.3) is 5.91 Å². The average Bonchev–Trinajstić information content (AvgIpc) is 3.34. The Hall–Kier alpha value is -3.27. The van der Waals surface area contributed by atoms with Crippen molar-refractivity contribution in [1.29, 1.82) is 0 Å². The Labute approximate surface area is 180 Å². The van der Waals surface area contributed by atoms with E-state index in [0.29, 0.717) is 34.3 Å². The SMILES string of the molecule is NC(=O)c1nn(CC(=O)N2CCC[C@H]2C(=O)Nc2cccc(Br)n2)c2ccccc12. The molecular formula is C20H19BrN6O3. The van der Waals surface area contributed by atoms with Gasteiger partial charge in [0.05, 0.1) is 5.52 Å². The second-order valence-electron chi connectivity index (χ2n) is 6.97. The first-order chi connectivity index (χ1) is 14.4. The molecule has 3 N–H and O–H groups in total. The van der Waals surface area contributed by atoms with Crippen LogP contribution in [0.4, 0.5) is 5.82 Å². The first-order valence-electron chi connectivity index (χ1n) is 9.42. The summed E-state index contributed by atoms with van der Waals surface area (Å²) in [5.74, 6) is -0.774. The molecule has 154 valence electrons. The maximum Gasteiger partial charge on any atom is 0.269 e. The van der Waals surface area contributed by atoms with E-state index in [2.05, 4.69) is 31.3 Å². The third kappa shape index (κ3) is 3.90. The van der Waals surface area contributed by atoms with E-state index in [9.17, 15) is 14.4 Å².